The third-order valence-corrected chi connectivity index (χ3v) is 0.607. The van der Waals surface area contributed by atoms with E-state index in [0.717, 1.165) is 0 Å². The molecule has 1 aromatic carbocycles. The smallest absolute Gasteiger partial charge is 0.338 e. The minimum absolute atomic E-state index is 0. The maximum atomic E-state index is 3.77. The molecule has 0 saturated carbocycles. The Morgan fingerprint density at radius 3 is 1.38 bits per heavy atom. The van der Waals surface area contributed by atoms with Gasteiger partial charge in [-0.1, -0.05) is 20.8 Å². The quantitative estimate of drug-likeness (QED) is 0.453. The van der Waals surface area contributed by atoms with Crippen LogP contribution in [0.4, 0.5) is 0 Å². The van der Waals surface area contributed by atoms with Crippen LogP contribution in [-0.4, -0.2) is 23.1 Å². The first-order valence-electron chi connectivity index (χ1n) is 3.76. The predicted molar refractivity (Wildman–Crippen MR) is 63.1 cm³/mol. The van der Waals surface area contributed by atoms with Crippen molar-refractivity contribution in [2.45, 2.75) is 20.8 Å². The Hall–Kier alpha value is 0.276. The first-order chi connectivity index (χ1) is 5.00. The van der Waals surface area contributed by atoms with E-state index in [1.165, 1.54) is 0 Å². The minimum atomic E-state index is 0. The average Bonchev–Trinajstić information content (AvgIpc) is 1.88. The van der Waals surface area contributed by atoms with E-state index in [4.69, 9.17) is 0 Å². The van der Waals surface area contributed by atoms with Gasteiger partial charge in [-0.2, -0.15) is 41.8 Å². The van der Waals surface area contributed by atoms with E-state index in [1.54, 1.807) is 0 Å². The molecule has 13 heavy (non-hydrogen) atoms. The molecule has 0 aliphatic rings. The fourth-order valence-electron chi connectivity index (χ4n) is 0.342. The summed E-state index contributed by atoms with van der Waals surface area (Å²) in [5.41, 5.74) is 0.250. The Morgan fingerprint density at radius 1 is 1.00 bits per heavy atom. The molecule has 0 N–H and O–H groups in total. The Morgan fingerprint density at radius 2 is 1.31 bits per heavy atom. The van der Waals surface area contributed by atoms with E-state index in [9.17, 15) is 0 Å². The maximum Gasteiger partial charge on any atom is 2.00 e. The topological polar surface area (TPSA) is 0 Å². The fourth-order valence-corrected chi connectivity index (χ4v) is 0.342. The monoisotopic (exact) mass is 208 g/mol. The molecule has 0 nitrogen and oxygen atoms in total. The number of hydrogen-bond acceptors (Lipinski definition) is 0. The molecular weight excluding hydrogens is 192 g/mol. The average molecular weight is 209 g/mol. The Kier molecular flexibility index (Phi) is 15.1. The summed E-state index contributed by atoms with van der Waals surface area (Å²) < 4.78 is 0. The van der Waals surface area contributed by atoms with Gasteiger partial charge in [0.05, 0.1) is 0 Å². The third-order valence-electron chi connectivity index (χ3n) is 0.607. The summed E-state index contributed by atoms with van der Waals surface area (Å²) in [6.07, 6.45) is 0. The first-order valence-corrected chi connectivity index (χ1v) is 3.76. The zero-order valence-electron chi connectivity index (χ0n) is 8.71. The van der Waals surface area contributed by atoms with Crippen molar-refractivity contribution in [2.75, 3.05) is 0 Å². The van der Waals surface area contributed by atoms with Gasteiger partial charge in [0.15, 0.2) is 0 Å². The van der Waals surface area contributed by atoms with Crippen LogP contribution < -0.4 is 0 Å². The number of halogens is 1. The molecule has 0 bridgehead atoms. The molecule has 0 fully saturated rings. The SMILES string of the molecule is Cl.[CH2-]C(C)(C)C.[Mg+2].[c-]1ccccc1. The number of hydrogen-bond donors (Lipinski definition) is 0. The van der Waals surface area contributed by atoms with Crippen LogP contribution in [0.3, 0.4) is 0 Å². The van der Waals surface area contributed by atoms with Gasteiger partial charge in [0.2, 0.25) is 0 Å². The summed E-state index contributed by atoms with van der Waals surface area (Å²) in [7, 11) is 0. The zero-order chi connectivity index (χ0) is 8.74. The van der Waals surface area contributed by atoms with Crippen molar-refractivity contribution < 1.29 is 0 Å². The van der Waals surface area contributed by atoms with Gasteiger partial charge in [0, 0.05) is 0 Å². The second kappa shape index (κ2) is 10.4. The second-order valence-electron chi connectivity index (χ2n) is 3.64. The summed E-state index contributed by atoms with van der Waals surface area (Å²) in [6.45, 7) is 10.0. The van der Waals surface area contributed by atoms with Crippen LogP contribution in [0, 0.1) is 18.4 Å². The van der Waals surface area contributed by atoms with Crippen molar-refractivity contribution in [1.29, 1.82) is 0 Å². The molecule has 0 unspecified atom stereocenters. The molecule has 0 spiro atoms. The Bertz CT molecular complexity index is 134. The van der Waals surface area contributed by atoms with E-state index in [1.807, 2.05) is 30.3 Å². The summed E-state index contributed by atoms with van der Waals surface area (Å²) in [6, 6.07) is 12.5. The van der Waals surface area contributed by atoms with Crippen molar-refractivity contribution in [3.05, 3.63) is 43.3 Å². The van der Waals surface area contributed by atoms with Crippen molar-refractivity contribution in [3.63, 3.8) is 0 Å². The van der Waals surface area contributed by atoms with Crippen LogP contribution in [0.15, 0.2) is 30.3 Å². The molecule has 0 atom stereocenters. The fraction of sp³-hybridized carbons (Fsp3) is 0.364. The Balaban J connectivity index is -0.000000136. The van der Waals surface area contributed by atoms with Crippen molar-refractivity contribution in [1.82, 2.24) is 0 Å². The van der Waals surface area contributed by atoms with Crippen LogP contribution in [0.1, 0.15) is 20.8 Å². The summed E-state index contributed by atoms with van der Waals surface area (Å²) in [5.74, 6) is 0. The van der Waals surface area contributed by atoms with Gasteiger partial charge in [-0.3, -0.25) is 0 Å². The molecule has 0 aromatic heterocycles. The largest absolute Gasteiger partial charge is 2.00 e. The summed E-state index contributed by atoms with van der Waals surface area (Å²) in [5, 5.41) is 0. The van der Waals surface area contributed by atoms with Gasteiger partial charge in [-0.15, -0.1) is 12.4 Å². The van der Waals surface area contributed by atoms with Crippen LogP contribution >= 0.6 is 12.4 Å². The van der Waals surface area contributed by atoms with E-state index in [-0.39, 0.29) is 40.9 Å². The molecule has 0 radical (unpaired) electrons. The molecule has 2 heteroatoms. The summed E-state index contributed by atoms with van der Waals surface area (Å²) >= 11 is 0. The Labute approximate surface area is 105 Å². The third kappa shape index (κ3) is 32.9. The van der Waals surface area contributed by atoms with Crippen molar-refractivity contribution in [2.24, 2.45) is 5.41 Å². The minimum Gasteiger partial charge on any atom is -0.338 e. The van der Waals surface area contributed by atoms with Crippen molar-refractivity contribution >= 4 is 35.5 Å². The molecule has 0 heterocycles. The molecule has 70 valence electrons. The standard InChI is InChI=1S/C6H5.C5H11.ClH.Mg/c1-2-4-6-5-3-1;1-5(2,3)4;;/h1-5H;1H2,2-4H3;1H;/q2*-1;;+2. The van der Waals surface area contributed by atoms with Crippen LogP contribution in [0.2, 0.25) is 0 Å². The molecule has 0 amide bonds. The van der Waals surface area contributed by atoms with E-state index < -0.39 is 0 Å². The van der Waals surface area contributed by atoms with Gasteiger partial charge in [-0.25, -0.2) is 0 Å². The van der Waals surface area contributed by atoms with Crippen LogP contribution in [-0.2, 0) is 0 Å². The first kappa shape index (κ1) is 18.9. The number of rotatable bonds is 0. The van der Waals surface area contributed by atoms with Crippen molar-refractivity contribution in [3.8, 4) is 0 Å². The molecule has 0 aliphatic heterocycles. The molecule has 1 aromatic rings. The van der Waals surface area contributed by atoms with Crippen LogP contribution in [0.5, 0.6) is 0 Å². The van der Waals surface area contributed by atoms with E-state index >= 15 is 0 Å². The predicted octanol–water partition coefficient (Wildman–Crippen LogP) is 3.39. The molecule has 0 saturated heterocycles. The number of benzene rings is 1. The van der Waals surface area contributed by atoms with Gasteiger partial charge in [0.25, 0.3) is 0 Å². The zero-order valence-corrected chi connectivity index (χ0v) is 10.9. The normalized spacial score (nSPS) is 8.31. The van der Waals surface area contributed by atoms with Gasteiger partial charge < -0.3 is 6.92 Å². The second-order valence-corrected chi connectivity index (χ2v) is 3.64. The molecule has 0 aliphatic carbocycles. The van der Waals surface area contributed by atoms with E-state index in [2.05, 4.69) is 33.8 Å². The molecular formula is C11H17ClMg. The summed E-state index contributed by atoms with van der Waals surface area (Å²) in [4.78, 5) is 0. The van der Waals surface area contributed by atoms with Gasteiger partial charge in [0.1, 0.15) is 0 Å². The van der Waals surface area contributed by atoms with Gasteiger partial charge >= 0.3 is 23.1 Å². The van der Waals surface area contributed by atoms with Crippen LogP contribution in [0.25, 0.3) is 0 Å². The van der Waals surface area contributed by atoms with Gasteiger partial charge in [-0.05, 0) is 0 Å². The molecule has 1 rings (SSSR count). The maximum absolute atomic E-state index is 3.77. The van der Waals surface area contributed by atoms with E-state index in [0.29, 0.717) is 0 Å².